The van der Waals surface area contributed by atoms with E-state index in [1.165, 1.54) is 11.1 Å². The average molecular weight is 341 g/mol. The molecule has 3 rings (SSSR count). The highest BCUT2D eigenvalue weighted by Crippen LogP contribution is 2.28. The van der Waals surface area contributed by atoms with Gasteiger partial charge < -0.3 is 15.4 Å². The number of benzene rings is 1. The Hall–Kier alpha value is -2.50. The molecular weight excluding hydrogens is 314 g/mol. The van der Waals surface area contributed by atoms with E-state index in [9.17, 15) is 0 Å². The number of aromatic nitrogens is 2. The van der Waals surface area contributed by atoms with E-state index in [4.69, 9.17) is 4.74 Å². The van der Waals surface area contributed by atoms with Crippen molar-refractivity contribution in [1.29, 1.82) is 0 Å². The summed E-state index contributed by atoms with van der Waals surface area (Å²) >= 11 is 0. The summed E-state index contributed by atoms with van der Waals surface area (Å²) in [6.07, 6.45) is 5.01. The van der Waals surface area contributed by atoms with Crippen molar-refractivity contribution >= 4 is 5.96 Å². The molecule has 25 heavy (non-hydrogen) atoms. The van der Waals surface area contributed by atoms with Crippen molar-refractivity contribution < 1.29 is 4.74 Å². The van der Waals surface area contributed by atoms with Gasteiger partial charge in [-0.2, -0.15) is 5.10 Å². The van der Waals surface area contributed by atoms with E-state index in [-0.39, 0.29) is 6.10 Å². The third kappa shape index (κ3) is 4.75. The highest BCUT2D eigenvalue weighted by molar-refractivity contribution is 5.79. The fourth-order valence-corrected chi connectivity index (χ4v) is 3.00. The minimum absolute atomic E-state index is 0.126. The Bertz CT molecular complexity index is 684. The lowest BCUT2D eigenvalue weighted by atomic mass is 10.1. The molecule has 0 saturated heterocycles. The van der Waals surface area contributed by atoms with E-state index in [0.29, 0.717) is 6.54 Å². The number of hydrogen-bond donors (Lipinski definition) is 3. The van der Waals surface area contributed by atoms with Crippen LogP contribution in [0, 0.1) is 6.92 Å². The molecule has 0 radical (unpaired) electrons. The fraction of sp³-hybridized carbons (Fsp3) is 0.474. The Morgan fingerprint density at radius 1 is 1.36 bits per heavy atom. The number of aromatic amines is 1. The summed E-state index contributed by atoms with van der Waals surface area (Å²) < 4.78 is 5.95. The predicted molar refractivity (Wildman–Crippen MR) is 100 cm³/mol. The van der Waals surface area contributed by atoms with Crippen LogP contribution in [0.4, 0.5) is 0 Å². The van der Waals surface area contributed by atoms with E-state index in [1.807, 2.05) is 18.3 Å². The second kappa shape index (κ2) is 8.55. The number of rotatable bonds is 7. The summed E-state index contributed by atoms with van der Waals surface area (Å²) in [6, 6.07) is 8.22. The van der Waals surface area contributed by atoms with Gasteiger partial charge in [-0.1, -0.05) is 18.2 Å². The van der Waals surface area contributed by atoms with Crippen molar-refractivity contribution in [2.75, 3.05) is 19.6 Å². The molecule has 0 aliphatic carbocycles. The number of fused-ring (bicyclic) bond motifs is 1. The van der Waals surface area contributed by atoms with Crippen molar-refractivity contribution in [3.63, 3.8) is 0 Å². The number of aryl methyl sites for hydroxylation is 2. The molecule has 1 aromatic carbocycles. The fourth-order valence-electron chi connectivity index (χ4n) is 3.00. The first-order valence-corrected chi connectivity index (χ1v) is 9.02. The number of guanidine groups is 1. The third-order valence-electron chi connectivity index (χ3n) is 4.36. The van der Waals surface area contributed by atoms with Gasteiger partial charge in [-0.3, -0.25) is 5.10 Å². The van der Waals surface area contributed by atoms with Crippen LogP contribution in [0.15, 0.2) is 35.5 Å². The molecule has 6 nitrogen and oxygen atoms in total. The van der Waals surface area contributed by atoms with Crippen LogP contribution in [0.3, 0.4) is 0 Å². The molecule has 3 N–H and O–H groups in total. The van der Waals surface area contributed by atoms with Crippen LogP contribution >= 0.6 is 0 Å². The average Bonchev–Trinajstić information content (AvgIpc) is 3.22. The minimum atomic E-state index is 0.126. The molecule has 2 heterocycles. The van der Waals surface area contributed by atoms with Crippen LogP contribution in [-0.4, -0.2) is 41.9 Å². The maximum Gasteiger partial charge on any atom is 0.191 e. The zero-order chi connectivity index (χ0) is 17.5. The first-order valence-electron chi connectivity index (χ1n) is 9.02. The number of para-hydroxylation sites is 1. The van der Waals surface area contributed by atoms with E-state index in [0.717, 1.165) is 49.8 Å². The number of nitrogens with zero attached hydrogens (tertiary/aromatic N) is 2. The lowest BCUT2D eigenvalue weighted by Gasteiger charge is -2.13. The van der Waals surface area contributed by atoms with Gasteiger partial charge in [0.15, 0.2) is 5.96 Å². The van der Waals surface area contributed by atoms with Crippen molar-refractivity contribution in [2.45, 2.75) is 39.2 Å². The van der Waals surface area contributed by atoms with Crippen molar-refractivity contribution in [2.24, 2.45) is 4.99 Å². The van der Waals surface area contributed by atoms with Crippen LogP contribution in [0.2, 0.25) is 0 Å². The normalized spacial score (nSPS) is 16.4. The van der Waals surface area contributed by atoms with Crippen molar-refractivity contribution in [1.82, 2.24) is 20.8 Å². The van der Waals surface area contributed by atoms with Gasteiger partial charge in [-0.25, -0.2) is 4.99 Å². The molecular formula is C19H27N5O. The molecule has 0 fully saturated rings. The SMILES string of the molecule is CCNC(=NCC1Cc2ccccc2O1)NCCCc1cn[nH]c1C. The molecule has 1 unspecified atom stereocenters. The molecule has 0 bridgehead atoms. The summed E-state index contributed by atoms with van der Waals surface area (Å²) in [6.45, 7) is 6.51. The molecule has 0 amide bonds. The largest absolute Gasteiger partial charge is 0.488 e. The van der Waals surface area contributed by atoms with Gasteiger partial charge in [0.05, 0.1) is 12.7 Å². The molecule has 134 valence electrons. The maximum absolute atomic E-state index is 5.95. The molecule has 0 saturated carbocycles. The zero-order valence-corrected chi connectivity index (χ0v) is 15.0. The summed E-state index contributed by atoms with van der Waals surface area (Å²) in [5.74, 6) is 1.85. The summed E-state index contributed by atoms with van der Waals surface area (Å²) in [5, 5.41) is 13.7. The van der Waals surface area contributed by atoms with Crippen molar-refractivity contribution in [3.05, 3.63) is 47.3 Å². The van der Waals surface area contributed by atoms with Crippen LogP contribution in [0.5, 0.6) is 5.75 Å². The third-order valence-corrected chi connectivity index (χ3v) is 4.36. The van der Waals surface area contributed by atoms with E-state index in [1.54, 1.807) is 0 Å². The van der Waals surface area contributed by atoms with E-state index >= 15 is 0 Å². The summed E-state index contributed by atoms with van der Waals surface area (Å²) in [5.41, 5.74) is 3.70. The number of aliphatic imine (C=N–C) groups is 1. The summed E-state index contributed by atoms with van der Waals surface area (Å²) in [7, 11) is 0. The van der Waals surface area contributed by atoms with Crippen LogP contribution in [0.25, 0.3) is 0 Å². The number of ether oxygens (including phenoxy) is 1. The standard InChI is InChI=1S/C19H27N5O/c1-3-20-19(21-10-6-8-16-12-23-24-14(16)2)22-13-17-11-15-7-4-5-9-18(15)25-17/h4-5,7,9,12,17H,3,6,8,10-11,13H2,1-2H3,(H,23,24)(H2,20,21,22). The molecule has 1 aliphatic heterocycles. The molecule has 2 aromatic rings. The highest BCUT2D eigenvalue weighted by atomic mass is 16.5. The molecule has 0 spiro atoms. The van der Waals surface area contributed by atoms with Gasteiger partial charge in [-0.05, 0) is 43.9 Å². The molecule has 1 atom stereocenters. The van der Waals surface area contributed by atoms with Gasteiger partial charge in [-0.15, -0.1) is 0 Å². The lowest BCUT2D eigenvalue weighted by Crippen LogP contribution is -2.38. The lowest BCUT2D eigenvalue weighted by molar-refractivity contribution is 0.241. The maximum atomic E-state index is 5.95. The zero-order valence-electron chi connectivity index (χ0n) is 15.0. The van der Waals surface area contributed by atoms with E-state index in [2.05, 4.69) is 51.8 Å². The van der Waals surface area contributed by atoms with E-state index < -0.39 is 0 Å². The first kappa shape index (κ1) is 17.3. The predicted octanol–water partition coefficient (Wildman–Crippen LogP) is 2.21. The Labute approximate surface area is 149 Å². The van der Waals surface area contributed by atoms with Crippen LogP contribution < -0.4 is 15.4 Å². The smallest absolute Gasteiger partial charge is 0.191 e. The van der Waals surface area contributed by atoms with Crippen molar-refractivity contribution in [3.8, 4) is 5.75 Å². The van der Waals surface area contributed by atoms with Gasteiger partial charge in [0.1, 0.15) is 11.9 Å². The quantitative estimate of drug-likeness (QED) is 0.410. The van der Waals surface area contributed by atoms with Gasteiger partial charge in [0.2, 0.25) is 0 Å². The van der Waals surface area contributed by atoms with Gasteiger partial charge in [0, 0.05) is 25.2 Å². The monoisotopic (exact) mass is 341 g/mol. The Morgan fingerprint density at radius 3 is 3.00 bits per heavy atom. The van der Waals surface area contributed by atoms with Gasteiger partial charge in [0.25, 0.3) is 0 Å². The van der Waals surface area contributed by atoms with Crippen LogP contribution in [0.1, 0.15) is 30.2 Å². The molecule has 1 aromatic heterocycles. The number of hydrogen-bond acceptors (Lipinski definition) is 3. The molecule has 6 heteroatoms. The second-order valence-electron chi connectivity index (χ2n) is 6.32. The topological polar surface area (TPSA) is 74.3 Å². The first-order chi connectivity index (χ1) is 12.3. The number of H-pyrrole nitrogens is 1. The minimum Gasteiger partial charge on any atom is -0.488 e. The molecule has 1 aliphatic rings. The summed E-state index contributed by atoms with van der Waals surface area (Å²) in [4.78, 5) is 4.68. The van der Waals surface area contributed by atoms with Crippen LogP contribution in [-0.2, 0) is 12.8 Å². The number of nitrogens with one attached hydrogen (secondary N) is 3. The second-order valence-corrected chi connectivity index (χ2v) is 6.32. The van der Waals surface area contributed by atoms with Gasteiger partial charge >= 0.3 is 0 Å². The Balaban J connectivity index is 1.44. The highest BCUT2D eigenvalue weighted by Gasteiger charge is 2.21. The Morgan fingerprint density at radius 2 is 2.24 bits per heavy atom. The Kier molecular flexibility index (Phi) is 5.93.